The molecule has 1 unspecified atom stereocenters. The van der Waals surface area contributed by atoms with Gasteiger partial charge in [0.25, 0.3) is 0 Å². The first-order valence-electron chi connectivity index (χ1n) is 6.38. The number of rotatable bonds is 5. The maximum absolute atomic E-state index is 6.30. The zero-order valence-corrected chi connectivity index (χ0v) is 14.1. The summed E-state index contributed by atoms with van der Waals surface area (Å²) in [4.78, 5) is 4.03. The van der Waals surface area contributed by atoms with Crippen molar-refractivity contribution in [3.8, 4) is 0 Å². The molecule has 1 heterocycles. The van der Waals surface area contributed by atoms with Crippen molar-refractivity contribution in [3.63, 3.8) is 0 Å². The van der Waals surface area contributed by atoms with Gasteiger partial charge in [-0.15, -0.1) is 0 Å². The number of benzene rings is 1. The highest BCUT2D eigenvalue weighted by atomic mass is 79.9. The minimum absolute atomic E-state index is 0.120. The van der Waals surface area contributed by atoms with Crippen molar-refractivity contribution in [2.24, 2.45) is 0 Å². The zero-order valence-electron chi connectivity index (χ0n) is 11.0. The van der Waals surface area contributed by atoms with E-state index in [2.05, 4.69) is 33.2 Å². The second-order valence-electron chi connectivity index (χ2n) is 4.45. The van der Waals surface area contributed by atoms with Crippen LogP contribution >= 0.6 is 39.1 Å². The van der Waals surface area contributed by atoms with Crippen LogP contribution in [-0.4, -0.2) is 11.5 Å². The van der Waals surface area contributed by atoms with Gasteiger partial charge in [-0.05, 0) is 42.3 Å². The molecule has 1 atom stereocenters. The molecule has 0 saturated carbocycles. The SMILES string of the molecule is CCNC(Cc1ccc(Br)cc1Cl)c1ccncc1Cl. The Morgan fingerprint density at radius 3 is 2.70 bits per heavy atom. The van der Waals surface area contributed by atoms with E-state index < -0.39 is 0 Å². The van der Waals surface area contributed by atoms with Crippen LogP contribution in [0.15, 0.2) is 41.1 Å². The van der Waals surface area contributed by atoms with Crippen LogP contribution in [0.4, 0.5) is 0 Å². The van der Waals surface area contributed by atoms with Gasteiger partial charge in [0.2, 0.25) is 0 Å². The third-order valence-electron chi connectivity index (χ3n) is 3.07. The van der Waals surface area contributed by atoms with E-state index in [4.69, 9.17) is 23.2 Å². The van der Waals surface area contributed by atoms with E-state index in [0.29, 0.717) is 5.02 Å². The van der Waals surface area contributed by atoms with E-state index in [9.17, 15) is 0 Å². The number of pyridine rings is 1. The Balaban J connectivity index is 2.28. The van der Waals surface area contributed by atoms with Crippen LogP contribution in [0.5, 0.6) is 0 Å². The standard InChI is InChI=1S/C15H15BrCl2N2/c1-2-20-15(12-5-6-19-9-14(12)18)7-10-3-4-11(16)8-13(10)17/h3-6,8-9,15,20H,2,7H2,1H3. The van der Waals surface area contributed by atoms with Crippen molar-refractivity contribution >= 4 is 39.1 Å². The van der Waals surface area contributed by atoms with Crippen LogP contribution in [0.1, 0.15) is 24.1 Å². The largest absolute Gasteiger partial charge is 0.310 e. The number of likely N-dealkylation sites (N-methyl/N-ethyl adjacent to an activating group) is 1. The molecule has 0 aliphatic rings. The lowest BCUT2D eigenvalue weighted by molar-refractivity contribution is 0.549. The van der Waals surface area contributed by atoms with Crippen molar-refractivity contribution in [3.05, 3.63) is 62.3 Å². The molecule has 1 N–H and O–H groups in total. The molecule has 0 amide bonds. The third-order valence-corrected chi connectivity index (χ3v) is 4.23. The van der Waals surface area contributed by atoms with Crippen molar-refractivity contribution in [2.45, 2.75) is 19.4 Å². The molecule has 106 valence electrons. The molecule has 5 heteroatoms. The summed E-state index contributed by atoms with van der Waals surface area (Å²) in [5, 5.41) is 4.88. The first kappa shape index (κ1) is 15.8. The minimum atomic E-state index is 0.120. The van der Waals surface area contributed by atoms with Gasteiger partial charge in [-0.3, -0.25) is 4.98 Å². The molecule has 20 heavy (non-hydrogen) atoms. The van der Waals surface area contributed by atoms with E-state index >= 15 is 0 Å². The predicted octanol–water partition coefficient (Wildman–Crippen LogP) is 5.04. The van der Waals surface area contributed by atoms with E-state index in [1.165, 1.54) is 0 Å². The molecule has 0 saturated heterocycles. The van der Waals surface area contributed by atoms with E-state index in [1.54, 1.807) is 12.4 Å². The van der Waals surface area contributed by atoms with Crippen LogP contribution in [0, 0.1) is 0 Å². The third kappa shape index (κ3) is 3.95. The molecule has 0 fully saturated rings. The maximum atomic E-state index is 6.30. The smallest absolute Gasteiger partial charge is 0.0637 e. The summed E-state index contributed by atoms with van der Waals surface area (Å²) in [6, 6.07) is 8.01. The van der Waals surface area contributed by atoms with E-state index in [-0.39, 0.29) is 6.04 Å². The summed E-state index contributed by atoms with van der Waals surface area (Å²) < 4.78 is 0.980. The molecule has 0 spiro atoms. The van der Waals surface area contributed by atoms with Crippen molar-refractivity contribution in [1.29, 1.82) is 0 Å². The Kier molecular flexibility index (Phi) is 5.85. The minimum Gasteiger partial charge on any atom is -0.310 e. The fraction of sp³-hybridized carbons (Fsp3) is 0.267. The van der Waals surface area contributed by atoms with Gasteiger partial charge in [0.15, 0.2) is 0 Å². The quantitative estimate of drug-likeness (QED) is 0.793. The molecule has 2 nitrogen and oxygen atoms in total. The summed E-state index contributed by atoms with van der Waals surface area (Å²) in [5.74, 6) is 0. The van der Waals surface area contributed by atoms with Gasteiger partial charge in [-0.1, -0.05) is 52.1 Å². The topological polar surface area (TPSA) is 24.9 Å². The van der Waals surface area contributed by atoms with Crippen LogP contribution in [-0.2, 0) is 6.42 Å². The lowest BCUT2D eigenvalue weighted by Crippen LogP contribution is -2.23. The Hall–Kier alpha value is -0.610. The summed E-state index contributed by atoms with van der Waals surface area (Å²) in [5.41, 5.74) is 2.14. The van der Waals surface area contributed by atoms with Gasteiger partial charge in [0.1, 0.15) is 0 Å². The summed E-state index contributed by atoms with van der Waals surface area (Å²) in [7, 11) is 0. The van der Waals surface area contributed by atoms with Crippen molar-refractivity contribution in [1.82, 2.24) is 10.3 Å². The van der Waals surface area contributed by atoms with E-state index in [1.807, 2.05) is 24.3 Å². The number of aromatic nitrogens is 1. The highest BCUT2D eigenvalue weighted by Crippen LogP contribution is 2.29. The Morgan fingerprint density at radius 1 is 1.25 bits per heavy atom. The molecule has 0 radical (unpaired) electrons. The molecule has 1 aromatic carbocycles. The van der Waals surface area contributed by atoms with Crippen LogP contribution in [0.2, 0.25) is 10.0 Å². The second-order valence-corrected chi connectivity index (χ2v) is 6.18. The lowest BCUT2D eigenvalue weighted by atomic mass is 9.99. The molecule has 2 aromatic rings. The molecule has 0 bridgehead atoms. The Morgan fingerprint density at radius 2 is 2.05 bits per heavy atom. The van der Waals surface area contributed by atoms with Gasteiger partial charge in [-0.25, -0.2) is 0 Å². The number of halogens is 3. The lowest BCUT2D eigenvalue weighted by Gasteiger charge is -2.20. The molecule has 2 rings (SSSR count). The highest BCUT2D eigenvalue weighted by Gasteiger charge is 2.16. The van der Waals surface area contributed by atoms with Crippen LogP contribution < -0.4 is 5.32 Å². The molecular formula is C15H15BrCl2N2. The molecular weight excluding hydrogens is 359 g/mol. The Labute approximate surface area is 137 Å². The van der Waals surface area contributed by atoms with Crippen LogP contribution in [0.25, 0.3) is 0 Å². The Bertz CT molecular complexity index is 590. The normalized spacial score (nSPS) is 12.4. The first-order chi connectivity index (χ1) is 9.61. The van der Waals surface area contributed by atoms with Gasteiger partial charge in [-0.2, -0.15) is 0 Å². The van der Waals surface area contributed by atoms with Gasteiger partial charge in [0.05, 0.1) is 5.02 Å². The molecule has 0 aliphatic carbocycles. The van der Waals surface area contributed by atoms with Crippen molar-refractivity contribution in [2.75, 3.05) is 6.54 Å². The highest BCUT2D eigenvalue weighted by molar-refractivity contribution is 9.10. The maximum Gasteiger partial charge on any atom is 0.0637 e. The fourth-order valence-electron chi connectivity index (χ4n) is 2.11. The monoisotopic (exact) mass is 372 g/mol. The number of nitrogens with one attached hydrogen (secondary N) is 1. The molecule has 0 aliphatic heterocycles. The number of hydrogen-bond donors (Lipinski definition) is 1. The second kappa shape index (κ2) is 7.41. The van der Waals surface area contributed by atoms with Crippen LogP contribution in [0.3, 0.4) is 0 Å². The summed E-state index contributed by atoms with van der Waals surface area (Å²) >= 11 is 16.0. The fourth-order valence-corrected chi connectivity index (χ4v) is 3.12. The average molecular weight is 374 g/mol. The van der Waals surface area contributed by atoms with Gasteiger partial charge >= 0.3 is 0 Å². The zero-order chi connectivity index (χ0) is 14.5. The summed E-state index contributed by atoms with van der Waals surface area (Å²) in [6.07, 6.45) is 4.21. The average Bonchev–Trinajstić information content (AvgIpc) is 2.42. The van der Waals surface area contributed by atoms with Gasteiger partial charge in [0, 0.05) is 27.9 Å². The van der Waals surface area contributed by atoms with Crippen molar-refractivity contribution < 1.29 is 0 Å². The predicted molar refractivity (Wildman–Crippen MR) is 88.5 cm³/mol. The van der Waals surface area contributed by atoms with Gasteiger partial charge < -0.3 is 5.32 Å². The molecule has 1 aromatic heterocycles. The number of nitrogens with zero attached hydrogens (tertiary/aromatic N) is 1. The first-order valence-corrected chi connectivity index (χ1v) is 7.93. The summed E-state index contributed by atoms with van der Waals surface area (Å²) in [6.45, 7) is 2.93. The van der Waals surface area contributed by atoms with E-state index in [0.717, 1.165) is 33.6 Å². The number of hydrogen-bond acceptors (Lipinski definition) is 2.